The fraction of sp³-hybridized carbons (Fsp3) is 0.389. The fourth-order valence-electron chi connectivity index (χ4n) is 3.03. The van der Waals surface area contributed by atoms with Gasteiger partial charge in [-0.15, -0.1) is 10.2 Å². The largest absolute Gasteiger partial charge is 0.419 e. The minimum atomic E-state index is 0.460. The van der Waals surface area contributed by atoms with Crippen molar-refractivity contribution in [1.29, 1.82) is 0 Å². The summed E-state index contributed by atoms with van der Waals surface area (Å²) in [6.45, 7) is 6.67. The highest BCUT2D eigenvalue weighted by Crippen LogP contribution is 2.33. The molecule has 0 saturated carbocycles. The number of aromatic nitrogens is 3. The minimum absolute atomic E-state index is 0.460. The number of nitrogens with zero attached hydrogens (tertiary/aromatic N) is 5. The molecule has 0 radical (unpaired) electrons. The average molecular weight is 339 g/mol. The first-order valence-corrected chi connectivity index (χ1v) is 8.46. The summed E-state index contributed by atoms with van der Waals surface area (Å²) < 4.78 is 11.3. The van der Waals surface area contributed by atoms with E-state index in [2.05, 4.69) is 32.2 Å². The molecule has 7 nitrogen and oxygen atoms in total. The number of hydrogen-bond donors (Lipinski definition) is 0. The van der Waals surface area contributed by atoms with Crippen LogP contribution in [-0.4, -0.2) is 58.4 Å². The molecule has 3 aromatic rings. The van der Waals surface area contributed by atoms with Crippen molar-refractivity contribution in [3.8, 4) is 22.7 Å². The molecule has 1 aliphatic heterocycles. The number of piperazine rings is 1. The molecule has 25 heavy (non-hydrogen) atoms. The average Bonchev–Trinajstić information content (AvgIpc) is 3.24. The van der Waals surface area contributed by atoms with Gasteiger partial charge in [0.15, 0.2) is 0 Å². The third-order valence-electron chi connectivity index (χ3n) is 4.55. The maximum Gasteiger partial charge on any atom is 0.253 e. The molecule has 1 fully saturated rings. The van der Waals surface area contributed by atoms with E-state index in [1.807, 2.05) is 37.3 Å². The molecule has 0 unspecified atom stereocenters. The van der Waals surface area contributed by atoms with Crippen LogP contribution in [0.1, 0.15) is 11.7 Å². The van der Waals surface area contributed by atoms with E-state index < -0.39 is 0 Å². The Labute approximate surface area is 146 Å². The van der Waals surface area contributed by atoms with Crippen molar-refractivity contribution < 1.29 is 8.94 Å². The molecule has 4 rings (SSSR count). The molecule has 0 spiro atoms. The van der Waals surface area contributed by atoms with Crippen molar-refractivity contribution in [2.75, 3.05) is 33.2 Å². The number of hydrogen-bond acceptors (Lipinski definition) is 7. The summed E-state index contributed by atoms with van der Waals surface area (Å²) in [6, 6.07) is 9.88. The zero-order valence-corrected chi connectivity index (χ0v) is 14.5. The summed E-state index contributed by atoms with van der Waals surface area (Å²) >= 11 is 0. The van der Waals surface area contributed by atoms with Gasteiger partial charge in [-0.1, -0.05) is 35.5 Å². The molecule has 0 bridgehead atoms. The van der Waals surface area contributed by atoms with Gasteiger partial charge in [0.25, 0.3) is 5.89 Å². The number of aryl methyl sites for hydroxylation is 1. The van der Waals surface area contributed by atoms with Crippen molar-refractivity contribution in [3.63, 3.8) is 0 Å². The maximum absolute atomic E-state index is 5.92. The highest BCUT2D eigenvalue weighted by molar-refractivity contribution is 5.77. The second-order valence-electron chi connectivity index (χ2n) is 6.41. The summed E-state index contributed by atoms with van der Waals surface area (Å²) in [7, 11) is 2.14. The van der Waals surface area contributed by atoms with Gasteiger partial charge in [0, 0.05) is 31.7 Å². The summed E-state index contributed by atoms with van der Waals surface area (Å²) in [4.78, 5) is 4.65. The molecule has 2 aromatic heterocycles. The fourth-order valence-corrected chi connectivity index (χ4v) is 3.03. The van der Waals surface area contributed by atoms with Crippen LogP contribution < -0.4 is 0 Å². The van der Waals surface area contributed by atoms with E-state index in [1.54, 1.807) is 0 Å². The number of benzene rings is 1. The van der Waals surface area contributed by atoms with E-state index in [0.29, 0.717) is 24.1 Å². The van der Waals surface area contributed by atoms with Gasteiger partial charge in [-0.2, -0.15) is 0 Å². The molecular formula is C18H21N5O2. The van der Waals surface area contributed by atoms with Crippen LogP contribution in [0.25, 0.3) is 22.7 Å². The Hall–Kier alpha value is -2.51. The quantitative estimate of drug-likeness (QED) is 0.723. The molecule has 0 amide bonds. The van der Waals surface area contributed by atoms with Gasteiger partial charge >= 0.3 is 0 Å². The summed E-state index contributed by atoms with van der Waals surface area (Å²) in [6.07, 6.45) is 0. The summed E-state index contributed by atoms with van der Waals surface area (Å²) in [5.74, 6) is 1.76. The first-order valence-electron chi connectivity index (χ1n) is 8.46. The lowest BCUT2D eigenvalue weighted by atomic mass is 10.1. The van der Waals surface area contributed by atoms with Gasteiger partial charge < -0.3 is 13.8 Å². The highest BCUT2D eigenvalue weighted by Gasteiger charge is 2.23. The zero-order chi connectivity index (χ0) is 17.2. The predicted molar refractivity (Wildman–Crippen MR) is 92.7 cm³/mol. The minimum Gasteiger partial charge on any atom is -0.419 e. The van der Waals surface area contributed by atoms with Crippen LogP contribution >= 0.6 is 0 Å². The molecular weight excluding hydrogens is 318 g/mol. The van der Waals surface area contributed by atoms with Crippen molar-refractivity contribution in [1.82, 2.24) is 25.2 Å². The van der Waals surface area contributed by atoms with Crippen LogP contribution in [-0.2, 0) is 6.54 Å². The monoisotopic (exact) mass is 339 g/mol. The van der Waals surface area contributed by atoms with Crippen LogP contribution in [0.2, 0.25) is 0 Å². The normalized spacial score (nSPS) is 16.4. The Morgan fingerprint density at radius 3 is 2.56 bits per heavy atom. The first kappa shape index (κ1) is 16.0. The van der Waals surface area contributed by atoms with Crippen molar-refractivity contribution >= 4 is 0 Å². The van der Waals surface area contributed by atoms with Gasteiger partial charge in [-0.3, -0.25) is 4.90 Å². The van der Waals surface area contributed by atoms with Crippen LogP contribution in [0.3, 0.4) is 0 Å². The zero-order valence-electron chi connectivity index (χ0n) is 14.5. The third-order valence-corrected chi connectivity index (χ3v) is 4.55. The number of rotatable bonds is 4. The second-order valence-corrected chi connectivity index (χ2v) is 6.41. The summed E-state index contributed by atoms with van der Waals surface area (Å²) in [5.41, 5.74) is 2.46. The molecule has 0 N–H and O–H groups in total. The van der Waals surface area contributed by atoms with Crippen molar-refractivity contribution in [3.05, 3.63) is 42.0 Å². The van der Waals surface area contributed by atoms with E-state index >= 15 is 0 Å². The Morgan fingerprint density at radius 2 is 1.80 bits per heavy atom. The molecule has 130 valence electrons. The summed E-state index contributed by atoms with van der Waals surface area (Å²) in [5, 5.41) is 12.6. The molecule has 7 heteroatoms. The number of likely N-dealkylation sites (N-methyl/N-ethyl adjacent to an activating group) is 1. The third kappa shape index (κ3) is 3.33. The Morgan fingerprint density at radius 1 is 1.04 bits per heavy atom. The van der Waals surface area contributed by atoms with Gasteiger partial charge in [0.05, 0.1) is 6.54 Å². The smallest absolute Gasteiger partial charge is 0.253 e. The van der Waals surface area contributed by atoms with Gasteiger partial charge in [0.1, 0.15) is 17.0 Å². The van der Waals surface area contributed by atoms with E-state index in [9.17, 15) is 0 Å². The van der Waals surface area contributed by atoms with E-state index in [0.717, 1.165) is 43.0 Å². The van der Waals surface area contributed by atoms with Gasteiger partial charge in [0.2, 0.25) is 5.89 Å². The first-order chi connectivity index (χ1) is 12.2. The molecule has 1 aliphatic rings. The van der Waals surface area contributed by atoms with Crippen molar-refractivity contribution in [2.24, 2.45) is 0 Å². The molecule has 1 aromatic carbocycles. The van der Waals surface area contributed by atoms with Crippen LogP contribution in [0.15, 0.2) is 39.3 Å². The molecule has 1 saturated heterocycles. The lowest BCUT2D eigenvalue weighted by molar-refractivity contribution is 0.138. The molecule has 3 heterocycles. The Kier molecular flexibility index (Phi) is 4.33. The SMILES string of the molecule is Cc1onc(-c2ccccc2)c1-c1nnc(CN2CCN(C)CC2)o1. The molecule has 0 atom stereocenters. The Balaban J connectivity index is 1.57. The standard InChI is InChI=1S/C18H21N5O2/c1-13-16(17(21-25-13)14-6-4-3-5-7-14)18-20-19-15(24-18)12-23-10-8-22(2)9-11-23/h3-7H,8-12H2,1-2H3. The maximum atomic E-state index is 5.92. The van der Waals surface area contributed by atoms with E-state index in [4.69, 9.17) is 8.94 Å². The van der Waals surface area contributed by atoms with Crippen LogP contribution in [0.4, 0.5) is 0 Å². The van der Waals surface area contributed by atoms with Crippen LogP contribution in [0.5, 0.6) is 0 Å². The predicted octanol–water partition coefficient (Wildman–Crippen LogP) is 2.45. The molecule has 0 aliphatic carbocycles. The lowest BCUT2D eigenvalue weighted by Gasteiger charge is -2.31. The second kappa shape index (κ2) is 6.78. The van der Waals surface area contributed by atoms with Crippen LogP contribution in [0, 0.1) is 6.92 Å². The van der Waals surface area contributed by atoms with Crippen molar-refractivity contribution in [2.45, 2.75) is 13.5 Å². The van der Waals surface area contributed by atoms with Gasteiger partial charge in [-0.25, -0.2) is 0 Å². The van der Waals surface area contributed by atoms with E-state index in [-0.39, 0.29) is 0 Å². The lowest BCUT2D eigenvalue weighted by Crippen LogP contribution is -2.43. The topological polar surface area (TPSA) is 71.4 Å². The Bertz CT molecular complexity index is 834. The highest BCUT2D eigenvalue weighted by atomic mass is 16.5. The van der Waals surface area contributed by atoms with E-state index in [1.165, 1.54) is 0 Å². The van der Waals surface area contributed by atoms with Gasteiger partial charge in [-0.05, 0) is 14.0 Å².